The quantitative estimate of drug-likeness (QED) is 0.567. The summed E-state index contributed by atoms with van der Waals surface area (Å²) in [5, 5.41) is 9.11. The van der Waals surface area contributed by atoms with E-state index < -0.39 is 0 Å². The van der Waals surface area contributed by atoms with Crippen molar-refractivity contribution in [3.05, 3.63) is 65.3 Å². The minimum Gasteiger partial charge on any atom is -0.454 e. The molecule has 0 aliphatic heterocycles. The van der Waals surface area contributed by atoms with Crippen LogP contribution < -0.4 is 10.5 Å². The van der Waals surface area contributed by atoms with Gasteiger partial charge in [0, 0.05) is 16.6 Å². The molecule has 0 spiro atoms. The normalized spacial score (nSPS) is 10.5. The van der Waals surface area contributed by atoms with Crippen molar-refractivity contribution in [1.29, 1.82) is 5.41 Å². The number of para-hydroxylation sites is 1. The molecule has 3 N–H and O–H groups in total. The highest BCUT2D eigenvalue weighted by Gasteiger charge is 2.11. The van der Waals surface area contributed by atoms with Crippen LogP contribution in [0.4, 0.5) is 0 Å². The van der Waals surface area contributed by atoms with Crippen LogP contribution in [0.15, 0.2) is 54.7 Å². The van der Waals surface area contributed by atoms with Crippen molar-refractivity contribution in [2.75, 3.05) is 0 Å². The average molecular weight is 298 g/mol. The number of nitrogens with one attached hydrogen (secondary N) is 1. The number of rotatable bonds is 3. The molecule has 1 aromatic heterocycles. The van der Waals surface area contributed by atoms with Gasteiger partial charge in [-0.15, -0.1) is 0 Å². The van der Waals surface area contributed by atoms with Crippen molar-refractivity contribution in [2.24, 2.45) is 5.73 Å². The molecule has 3 rings (SSSR count). The maximum Gasteiger partial charge on any atom is 0.153 e. The Labute approximate surface area is 126 Å². The SMILES string of the molecule is N=C(N)c1cc(Cl)ccc1Oc1cccc2cccnc12. The summed E-state index contributed by atoms with van der Waals surface area (Å²) in [4.78, 5) is 4.33. The molecule has 0 unspecified atom stereocenters. The van der Waals surface area contributed by atoms with Gasteiger partial charge in [-0.25, -0.2) is 0 Å². The number of amidine groups is 1. The van der Waals surface area contributed by atoms with E-state index in [1.165, 1.54) is 0 Å². The molecule has 5 heteroatoms. The van der Waals surface area contributed by atoms with Gasteiger partial charge in [0.25, 0.3) is 0 Å². The van der Waals surface area contributed by atoms with Gasteiger partial charge in [-0.2, -0.15) is 0 Å². The van der Waals surface area contributed by atoms with Gasteiger partial charge in [-0.3, -0.25) is 10.4 Å². The lowest BCUT2D eigenvalue weighted by Crippen LogP contribution is -2.12. The second kappa shape index (κ2) is 5.42. The molecule has 0 aliphatic rings. The van der Waals surface area contributed by atoms with Gasteiger partial charge in [0.05, 0.1) is 5.56 Å². The van der Waals surface area contributed by atoms with Crippen molar-refractivity contribution in [1.82, 2.24) is 4.98 Å². The van der Waals surface area contributed by atoms with Crippen LogP contribution >= 0.6 is 11.6 Å². The molecule has 2 aromatic carbocycles. The van der Waals surface area contributed by atoms with E-state index in [9.17, 15) is 0 Å². The van der Waals surface area contributed by atoms with Crippen molar-refractivity contribution >= 4 is 28.3 Å². The second-order valence-corrected chi connectivity index (χ2v) is 4.92. The van der Waals surface area contributed by atoms with E-state index in [4.69, 9.17) is 27.5 Å². The Bertz CT molecular complexity index is 827. The van der Waals surface area contributed by atoms with E-state index in [1.807, 2.05) is 30.3 Å². The number of aromatic nitrogens is 1. The first-order valence-corrected chi connectivity index (χ1v) is 6.68. The molecule has 0 radical (unpaired) electrons. The number of ether oxygens (including phenoxy) is 1. The summed E-state index contributed by atoms with van der Waals surface area (Å²) in [5.41, 5.74) is 6.79. The van der Waals surface area contributed by atoms with E-state index >= 15 is 0 Å². The van der Waals surface area contributed by atoms with Crippen LogP contribution in [0, 0.1) is 5.41 Å². The van der Waals surface area contributed by atoms with E-state index in [2.05, 4.69) is 4.98 Å². The Morgan fingerprint density at radius 1 is 1.10 bits per heavy atom. The van der Waals surface area contributed by atoms with Crippen LogP contribution in [0.5, 0.6) is 11.5 Å². The molecule has 4 nitrogen and oxygen atoms in total. The van der Waals surface area contributed by atoms with Crippen LogP contribution in [-0.2, 0) is 0 Å². The first kappa shape index (κ1) is 13.4. The molecule has 1 heterocycles. The number of benzene rings is 2. The largest absolute Gasteiger partial charge is 0.454 e. The average Bonchev–Trinajstić information content (AvgIpc) is 2.49. The zero-order valence-electron chi connectivity index (χ0n) is 11.0. The van der Waals surface area contributed by atoms with Gasteiger partial charge in [-0.1, -0.05) is 29.8 Å². The third-order valence-electron chi connectivity index (χ3n) is 3.05. The Hall–Kier alpha value is -2.59. The number of halogens is 1. The van der Waals surface area contributed by atoms with Crippen molar-refractivity contribution < 1.29 is 4.74 Å². The molecule has 0 saturated heterocycles. The molecule has 0 fully saturated rings. The second-order valence-electron chi connectivity index (χ2n) is 4.49. The number of nitrogen functional groups attached to an aromatic ring is 1. The minimum absolute atomic E-state index is 0.0966. The van der Waals surface area contributed by atoms with E-state index in [-0.39, 0.29) is 5.84 Å². The van der Waals surface area contributed by atoms with Gasteiger partial charge >= 0.3 is 0 Å². The molecule has 0 saturated carbocycles. The summed E-state index contributed by atoms with van der Waals surface area (Å²) < 4.78 is 5.90. The number of fused-ring (bicyclic) bond motifs is 1. The van der Waals surface area contributed by atoms with Gasteiger partial charge in [0.2, 0.25) is 0 Å². The first-order chi connectivity index (χ1) is 10.1. The van der Waals surface area contributed by atoms with Crippen LogP contribution in [0.1, 0.15) is 5.56 Å². The molecule has 21 heavy (non-hydrogen) atoms. The molecule has 0 aliphatic carbocycles. The monoisotopic (exact) mass is 297 g/mol. The lowest BCUT2D eigenvalue weighted by Gasteiger charge is -2.12. The molecule has 0 bridgehead atoms. The highest BCUT2D eigenvalue weighted by atomic mass is 35.5. The number of pyridine rings is 1. The van der Waals surface area contributed by atoms with Gasteiger partial charge in [0.15, 0.2) is 5.75 Å². The van der Waals surface area contributed by atoms with Crippen molar-refractivity contribution in [3.63, 3.8) is 0 Å². The number of nitrogens with zero attached hydrogens (tertiary/aromatic N) is 1. The maximum atomic E-state index is 7.63. The Balaban J connectivity index is 2.09. The summed E-state index contributed by atoms with van der Waals surface area (Å²) >= 11 is 5.94. The lowest BCUT2D eigenvalue weighted by atomic mass is 10.1. The zero-order valence-corrected chi connectivity index (χ0v) is 11.8. The van der Waals surface area contributed by atoms with Crippen LogP contribution in [0.2, 0.25) is 5.02 Å². The fourth-order valence-corrected chi connectivity index (χ4v) is 2.25. The minimum atomic E-state index is -0.0966. The fraction of sp³-hybridized carbons (Fsp3) is 0. The topological polar surface area (TPSA) is 72.0 Å². The van der Waals surface area contributed by atoms with E-state index in [0.29, 0.717) is 22.1 Å². The van der Waals surface area contributed by atoms with Gasteiger partial charge < -0.3 is 10.5 Å². The summed E-state index contributed by atoms with van der Waals surface area (Å²) in [5.74, 6) is 0.990. The summed E-state index contributed by atoms with van der Waals surface area (Å²) in [6, 6.07) is 14.5. The smallest absolute Gasteiger partial charge is 0.153 e. The Kier molecular flexibility index (Phi) is 3.46. The molecule has 0 atom stereocenters. The van der Waals surface area contributed by atoms with Gasteiger partial charge in [-0.05, 0) is 30.3 Å². The zero-order chi connectivity index (χ0) is 14.8. The summed E-state index contributed by atoms with van der Waals surface area (Å²) in [7, 11) is 0. The highest BCUT2D eigenvalue weighted by Crippen LogP contribution is 2.31. The van der Waals surface area contributed by atoms with Gasteiger partial charge in [0.1, 0.15) is 17.1 Å². The summed E-state index contributed by atoms with van der Waals surface area (Å²) in [6.45, 7) is 0. The van der Waals surface area contributed by atoms with Crippen LogP contribution in [0.3, 0.4) is 0 Å². The number of nitrogens with two attached hydrogens (primary N) is 1. The number of hydrogen-bond donors (Lipinski definition) is 2. The highest BCUT2D eigenvalue weighted by molar-refractivity contribution is 6.31. The molecular weight excluding hydrogens is 286 g/mol. The van der Waals surface area contributed by atoms with Crippen molar-refractivity contribution in [2.45, 2.75) is 0 Å². The Morgan fingerprint density at radius 3 is 2.71 bits per heavy atom. The molecular formula is C16H12ClN3O. The predicted octanol–water partition coefficient (Wildman–Crippen LogP) is 3.96. The van der Waals surface area contributed by atoms with E-state index in [0.717, 1.165) is 10.9 Å². The third-order valence-corrected chi connectivity index (χ3v) is 3.28. The summed E-state index contributed by atoms with van der Waals surface area (Å²) in [6.07, 6.45) is 1.71. The fourth-order valence-electron chi connectivity index (χ4n) is 2.08. The Morgan fingerprint density at radius 2 is 1.90 bits per heavy atom. The first-order valence-electron chi connectivity index (χ1n) is 6.31. The molecule has 0 amide bonds. The molecule has 104 valence electrons. The van der Waals surface area contributed by atoms with E-state index in [1.54, 1.807) is 24.4 Å². The standard InChI is InChI=1S/C16H12ClN3O/c17-11-6-7-13(12(9-11)16(18)19)21-14-5-1-3-10-4-2-8-20-15(10)14/h1-9H,(H3,18,19). The van der Waals surface area contributed by atoms with Crippen LogP contribution in [-0.4, -0.2) is 10.8 Å². The molecule has 3 aromatic rings. The third kappa shape index (κ3) is 2.66. The maximum absolute atomic E-state index is 7.63. The van der Waals surface area contributed by atoms with Crippen LogP contribution in [0.25, 0.3) is 10.9 Å². The number of hydrogen-bond acceptors (Lipinski definition) is 3. The van der Waals surface area contributed by atoms with Crippen molar-refractivity contribution in [3.8, 4) is 11.5 Å². The lowest BCUT2D eigenvalue weighted by molar-refractivity contribution is 0.486. The predicted molar refractivity (Wildman–Crippen MR) is 84.3 cm³/mol.